The van der Waals surface area contributed by atoms with Crippen molar-refractivity contribution in [3.8, 4) is 0 Å². The molecule has 0 bridgehead atoms. The van der Waals surface area contributed by atoms with Crippen molar-refractivity contribution in [2.45, 2.75) is 184 Å². The summed E-state index contributed by atoms with van der Waals surface area (Å²) in [5, 5.41) is 89.8. The molecule has 1 unspecified atom stereocenters. The van der Waals surface area contributed by atoms with Gasteiger partial charge in [-0.25, -0.2) is 9.59 Å². The fourth-order valence-electron chi connectivity index (χ4n) is 8.00. The van der Waals surface area contributed by atoms with Gasteiger partial charge in [-0.3, -0.25) is 38.4 Å². The van der Waals surface area contributed by atoms with E-state index in [0.29, 0.717) is 12.3 Å². The maximum Gasteiger partial charge on any atom is 0.335 e. The van der Waals surface area contributed by atoms with E-state index in [9.17, 15) is 83.7 Å². The maximum atomic E-state index is 13.6. The number of likely N-dealkylation sites (tertiary alicyclic amines) is 2. The van der Waals surface area contributed by atoms with Crippen LogP contribution in [0.4, 0.5) is 0 Å². The molecule has 0 spiro atoms. The van der Waals surface area contributed by atoms with Gasteiger partial charge in [0, 0.05) is 19.6 Å². The number of esters is 1. The van der Waals surface area contributed by atoms with E-state index in [1.54, 1.807) is 0 Å². The third-order valence-electron chi connectivity index (χ3n) is 12.0. The molecule has 2 heterocycles. The molecule has 2 rings (SSSR count). The molecule has 0 aromatic heterocycles. The highest BCUT2D eigenvalue weighted by Gasteiger charge is 2.44. The molecule has 2 aliphatic rings. The second-order valence-electron chi connectivity index (χ2n) is 18.5. The van der Waals surface area contributed by atoms with Crippen LogP contribution in [0.3, 0.4) is 0 Å². The summed E-state index contributed by atoms with van der Waals surface area (Å²) in [5.74, 6) is -11.5. The number of unbranched alkanes of at least 4 members (excludes halogenated alkanes) is 7. The van der Waals surface area contributed by atoms with Crippen molar-refractivity contribution in [2.75, 3.05) is 32.8 Å². The molecule has 26 heteroatoms. The molecule has 0 radical (unpaired) electrons. The number of nitrogens with zero attached hydrogens (tertiary/aromatic N) is 2. The first kappa shape index (κ1) is 61.6. The zero-order chi connectivity index (χ0) is 53.5. The highest BCUT2D eigenvalue weighted by molar-refractivity contribution is 5.98. The number of amides is 7. The smallest absolute Gasteiger partial charge is 0.335 e. The number of nitrogens with one attached hydrogen (secondary N) is 5. The second kappa shape index (κ2) is 31.0. The van der Waals surface area contributed by atoms with E-state index in [4.69, 9.17) is 9.84 Å². The summed E-state index contributed by atoms with van der Waals surface area (Å²) in [6.07, 6.45) is -1.95. The van der Waals surface area contributed by atoms with Crippen molar-refractivity contribution in [3.63, 3.8) is 0 Å². The number of hydrogen-bond acceptors (Lipinski definition) is 17. The number of rotatable bonds is 32. The lowest BCUT2D eigenvalue weighted by Crippen LogP contribution is -2.61. The van der Waals surface area contributed by atoms with Gasteiger partial charge >= 0.3 is 17.9 Å². The second-order valence-corrected chi connectivity index (χ2v) is 18.5. The number of ether oxygens (including phenoxy) is 1. The zero-order valence-corrected chi connectivity index (χ0v) is 40.8. The van der Waals surface area contributed by atoms with E-state index in [1.165, 1.54) is 26.7 Å². The van der Waals surface area contributed by atoms with Gasteiger partial charge in [-0.2, -0.15) is 0 Å². The fraction of sp³-hybridized carbons (Fsp3) is 0.778. The number of carboxylic acid groups (broad SMARTS) is 2. The number of hydrogen-bond donors (Lipinski definition) is 13. The Morgan fingerprint density at radius 1 is 0.662 bits per heavy atom. The Hall–Kier alpha value is -5.54. The average molecular weight is 1020 g/mol. The minimum atomic E-state index is -2.58. The lowest BCUT2D eigenvalue weighted by Gasteiger charge is -2.29. The largest absolute Gasteiger partial charge is 0.479 e. The molecule has 7 amide bonds. The molecule has 71 heavy (non-hydrogen) atoms. The van der Waals surface area contributed by atoms with Gasteiger partial charge in [0.1, 0.15) is 36.3 Å². The van der Waals surface area contributed by atoms with Crippen molar-refractivity contribution in [3.05, 3.63) is 0 Å². The van der Waals surface area contributed by atoms with Gasteiger partial charge in [0.2, 0.25) is 41.4 Å². The molecular weight excluding hydrogens is 943 g/mol. The molecule has 26 nitrogen and oxygen atoms in total. The summed E-state index contributed by atoms with van der Waals surface area (Å²) >= 11 is 0. The first-order valence-electron chi connectivity index (χ1n) is 24.1. The number of carbonyl (C=O) groups excluding carboxylic acids is 8. The molecule has 2 aliphatic heterocycles. The highest BCUT2D eigenvalue weighted by Crippen LogP contribution is 2.21. The topological polar surface area (TPSA) is 408 Å². The molecule has 2 saturated heterocycles. The standard InChI is InChI=1S/C45H75N7O19/c1-24(2)13-11-9-7-5-6-8-10-12-14-28(71-34(60)20-31(57)44(67)68)19-32(58)49-35(26(4)54)39(62)47-25(3)42(65)52-18-16-30(56)37(52)41(64)46-21-33(59)50-36(38(61)45(69)70)40(63)48-29(23-53)43(66)51-17-15-27(55)22-51/h24-31,35-38,53-57,61H,5-23H2,1-4H3,(H,46,64)(H,47,62)(H,48,63)(H,49,58)(H,50,59)(H,67,68)(H,69,70)/t25-,26-,27+,28?,29-,30+,31+,35-,36-,37+,38-/m1/s1. The van der Waals surface area contributed by atoms with Crippen molar-refractivity contribution in [1.82, 2.24) is 36.4 Å². The lowest BCUT2D eigenvalue weighted by molar-refractivity contribution is -0.160. The third kappa shape index (κ3) is 21.4. The molecule has 404 valence electrons. The number of aliphatic carboxylic acids is 2. The van der Waals surface area contributed by atoms with Gasteiger partial charge in [-0.15, -0.1) is 0 Å². The van der Waals surface area contributed by atoms with E-state index in [-0.39, 0.29) is 38.9 Å². The highest BCUT2D eigenvalue weighted by atomic mass is 16.5. The summed E-state index contributed by atoms with van der Waals surface area (Å²) in [7, 11) is 0. The van der Waals surface area contributed by atoms with Crippen molar-refractivity contribution >= 4 is 59.3 Å². The van der Waals surface area contributed by atoms with Gasteiger partial charge < -0.3 is 82.0 Å². The maximum absolute atomic E-state index is 13.6. The predicted octanol–water partition coefficient (Wildman–Crippen LogP) is -3.87. The number of aliphatic hydroxyl groups is 6. The summed E-state index contributed by atoms with van der Waals surface area (Å²) in [6, 6.07) is -8.70. The van der Waals surface area contributed by atoms with Gasteiger partial charge in [0.15, 0.2) is 12.2 Å². The van der Waals surface area contributed by atoms with Crippen molar-refractivity contribution in [2.24, 2.45) is 5.92 Å². The lowest BCUT2D eigenvalue weighted by atomic mass is 10.0. The average Bonchev–Trinajstić information content (AvgIpc) is 3.92. The molecule has 2 fully saturated rings. The zero-order valence-electron chi connectivity index (χ0n) is 40.8. The van der Waals surface area contributed by atoms with E-state index in [1.807, 2.05) is 5.32 Å². The Morgan fingerprint density at radius 3 is 1.77 bits per heavy atom. The third-order valence-corrected chi connectivity index (χ3v) is 12.0. The Labute approximate surface area is 411 Å². The van der Waals surface area contributed by atoms with Crippen LogP contribution in [0.1, 0.15) is 118 Å². The van der Waals surface area contributed by atoms with E-state index >= 15 is 0 Å². The van der Waals surface area contributed by atoms with E-state index < -0.39 is 152 Å². The molecule has 0 aromatic rings. The number of β-amino-alcohol motifs (C(OH)–C–C–N with tert-alkyl or cyclic N) is 1. The van der Waals surface area contributed by atoms with Crippen LogP contribution in [0, 0.1) is 5.92 Å². The summed E-state index contributed by atoms with van der Waals surface area (Å²) in [4.78, 5) is 130. The van der Waals surface area contributed by atoms with Gasteiger partial charge in [0.05, 0.1) is 44.3 Å². The molecular formula is C45H75N7O19. The minimum Gasteiger partial charge on any atom is -0.479 e. The molecule has 13 N–H and O–H groups in total. The number of carboxylic acids is 2. The van der Waals surface area contributed by atoms with E-state index in [2.05, 4.69) is 35.1 Å². The Morgan fingerprint density at radius 2 is 1.24 bits per heavy atom. The molecule has 0 aromatic carbocycles. The van der Waals surface area contributed by atoms with Crippen molar-refractivity contribution in [1.29, 1.82) is 0 Å². The Balaban J connectivity index is 2.04. The molecule has 0 saturated carbocycles. The van der Waals surface area contributed by atoms with Crippen LogP contribution >= 0.6 is 0 Å². The fourth-order valence-corrected chi connectivity index (χ4v) is 8.00. The minimum absolute atomic E-state index is 0.0945. The summed E-state index contributed by atoms with van der Waals surface area (Å²) in [5.41, 5.74) is 0. The van der Waals surface area contributed by atoms with E-state index in [0.717, 1.165) is 48.3 Å². The van der Waals surface area contributed by atoms with Crippen LogP contribution in [-0.4, -0.2) is 210 Å². The van der Waals surface area contributed by atoms with Crippen LogP contribution in [0.25, 0.3) is 0 Å². The predicted molar refractivity (Wildman–Crippen MR) is 246 cm³/mol. The normalized spacial score (nSPS) is 20.1. The quantitative estimate of drug-likeness (QED) is 0.0226. The van der Waals surface area contributed by atoms with Crippen LogP contribution in [0.5, 0.6) is 0 Å². The SMILES string of the molecule is CC(C)CCCCCCCCCCC(CC(=O)N[C@@H](C(=O)N[C@H](C)C(=O)N1CC[C@H](O)[C@H]1C(=O)NCC(=O)N[C@@H](C(=O)N[C@H](CO)C(=O)N1CC[C@H](O)C1)[C@@H](O)C(=O)O)[C@@H](C)O)OC(=O)C[C@H](O)C(=O)O. The number of carbonyl (C=O) groups is 10. The van der Waals surface area contributed by atoms with Gasteiger partial charge in [-0.1, -0.05) is 65.2 Å². The first-order valence-corrected chi connectivity index (χ1v) is 24.1. The van der Waals surface area contributed by atoms with Crippen LogP contribution < -0.4 is 26.6 Å². The molecule has 11 atom stereocenters. The van der Waals surface area contributed by atoms with Gasteiger partial charge in [0.25, 0.3) is 0 Å². The van der Waals surface area contributed by atoms with Crippen LogP contribution in [0.15, 0.2) is 0 Å². The molecule has 0 aliphatic carbocycles. The van der Waals surface area contributed by atoms with Crippen LogP contribution in [-0.2, 0) is 52.7 Å². The summed E-state index contributed by atoms with van der Waals surface area (Å²) in [6.45, 7) is 4.55. The van der Waals surface area contributed by atoms with Crippen LogP contribution in [0.2, 0.25) is 0 Å². The summed E-state index contributed by atoms with van der Waals surface area (Å²) < 4.78 is 5.36. The monoisotopic (exact) mass is 1020 g/mol. The van der Waals surface area contributed by atoms with Crippen molar-refractivity contribution < 1.29 is 93.5 Å². The Bertz CT molecular complexity index is 1820. The first-order chi connectivity index (χ1) is 33.4. The van der Waals surface area contributed by atoms with Gasteiger partial charge in [-0.05, 0) is 45.4 Å². The number of aliphatic hydroxyl groups excluding tert-OH is 6. The Kier molecular flexibility index (Phi) is 26.9.